The monoisotopic (exact) mass is 268 g/mol. The molecule has 2 unspecified atom stereocenters. The maximum absolute atomic E-state index is 5.92. The van der Waals surface area contributed by atoms with Gasteiger partial charge in [-0.1, -0.05) is 43.8 Å². The van der Waals surface area contributed by atoms with Gasteiger partial charge in [0, 0.05) is 5.41 Å². The molecular weight excluding hydrogens is 248 g/mol. The zero-order valence-corrected chi connectivity index (χ0v) is 11.8. The lowest BCUT2D eigenvalue weighted by Gasteiger charge is -2.29. The number of ether oxygens (including phenoxy) is 1. The largest absolute Gasteiger partial charge is 0.467 e. The number of aryl methyl sites for hydroxylation is 1. The molecular formula is C18H20O2. The van der Waals surface area contributed by atoms with Gasteiger partial charge in [0.15, 0.2) is 0 Å². The highest BCUT2D eigenvalue weighted by atomic mass is 16.5. The van der Waals surface area contributed by atoms with Gasteiger partial charge in [-0.2, -0.15) is 0 Å². The molecule has 0 amide bonds. The van der Waals surface area contributed by atoms with Crippen molar-refractivity contribution in [2.75, 3.05) is 6.61 Å². The van der Waals surface area contributed by atoms with Gasteiger partial charge < -0.3 is 9.15 Å². The van der Waals surface area contributed by atoms with E-state index in [1.54, 1.807) is 6.26 Å². The molecule has 20 heavy (non-hydrogen) atoms. The van der Waals surface area contributed by atoms with Gasteiger partial charge in [-0.15, -0.1) is 0 Å². The van der Waals surface area contributed by atoms with Gasteiger partial charge in [0.1, 0.15) is 11.9 Å². The summed E-state index contributed by atoms with van der Waals surface area (Å²) in [6, 6.07) is 14.5. The van der Waals surface area contributed by atoms with Crippen LogP contribution in [0.3, 0.4) is 0 Å². The van der Waals surface area contributed by atoms with E-state index < -0.39 is 0 Å². The van der Waals surface area contributed by atoms with Crippen LogP contribution in [0.4, 0.5) is 0 Å². The van der Waals surface area contributed by atoms with E-state index in [4.69, 9.17) is 9.15 Å². The second kappa shape index (κ2) is 5.29. The van der Waals surface area contributed by atoms with Crippen molar-refractivity contribution in [2.24, 2.45) is 5.41 Å². The van der Waals surface area contributed by atoms with Gasteiger partial charge in [-0.25, -0.2) is 0 Å². The Hall–Kier alpha value is -1.80. The third kappa shape index (κ3) is 2.32. The summed E-state index contributed by atoms with van der Waals surface area (Å²) in [5, 5.41) is 0. The Kier molecular flexibility index (Phi) is 3.49. The van der Waals surface area contributed by atoms with E-state index in [0.29, 0.717) is 6.61 Å². The molecule has 1 aromatic heterocycles. The molecule has 1 aliphatic heterocycles. The van der Waals surface area contributed by atoms with Crippen LogP contribution < -0.4 is 0 Å². The lowest BCUT2D eigenvalue weighted by molar-refractivity contribution is 0.0358. The Morgan fingerprint density at radius 3 is 2.70 bits per heavy atom. The van der Waals surface area contributed by atoms with Crippen LogP contribution in [-0.4, -0.2) is 6.61 Å². The summed E-state index contributed by atoms with van der Waals surface area (Å²) in [6.45, 7) is 7.07. The van der Waals surface area contributed by atoms with Crippen LogP contribution in [0.1, 0.15) is 30.8 Å². The van der Waals surface area contributed by atoms with E-state index >= 15 is 0 Å². The lowest BCUT2D eigenvalue weighted by atomic mass is 9.74. The van der Waals surface area contributed by atoms with Crippen molar-refractivity contribution in [1.82, 2.24) is 0 Å². The van der Waals surface area contributed by atoms with Crippen LogP contribution in [0, 0.1) is 5.41 Å². The molecule has 0 aliphatic carbocycles. The first-order valence-electron chi connectivity index (χ1n) is 7.07. The number of rotatable bonds is 4. The fraction of sp³-hybridized carbons (Fsp3) is 0.333. The molecule has 2 aromatic rings. The van der Waals surface area contributed by atoms with Gasteiger partial charge in [-0.3, -0.25) is 0 Å². The van der Waals surface area contributed by atoms with Gasteiger partial charge in [0.2, 0.25) is 0 Å². The molecule has 2 heterocycles. The van der Waals surface area contributed by atoms with Crippen molar-refractivity contribution in [2.45, 2.75) is 25.9 Å². The molecule has 2 heteroatoms. The van der Waals surface area contributed by atoms with Gasteiger partial charge in [-0.05, 0) is 36.1 Å². The molecule has 3 rings (SSSR count). The Morgan fingerprint density at radius 1 is 1.20 bits per heavy atom. The summed E-state index contributed by atoms with van der Waals surface area (Å²) in [6.07, 6.45) is 3.73. The topological polar surface area (TPSA) is 22.4 Å². The van der Waals surface area contributed by atoms with Crippen LogP contribution in [0.2, 0.25) is 0 Å². The van der Waals surface area contributed by atoms with Gasteiger partial charge in [0.25, 0.3) is 0 Å². The third-order valence-corrected chi connectivity index (χ3v) is 4.39. The SMILES string of the molecule is C=C1COC(c2ccco2)C1(C)CCc1ccccc1. The molecule has 1 aliphatic rings. The highest BCUT2D eigenvalue weighted by molar-refractivity contribution is 5.24. The Labute approximate surface area is 120 Å². The molecule has 0 N–H and O–H groups in total. The first-order chi connectivity index (χ1) is 9.70. The zero-order valence-electron chi connectivity index (χ0n) is 11.8. The van der Waals surface area contributed by atoms with Crippen molar-refractivity contribution in [3.8, 4) is 0 Å². The van der Waals surface area contributed by atoms with Crippen molar-refractivity contribution in [3.05, 3.63) is 72.2 Å². The standard InChI is InChI=1S/C18H20O2/c1-14-13-20-17(16-9-6-12-19-16)18(14,2)11-10-15-7-4-3-5-8-15/h3-9,12,17H,1,10-11,13H2,2H3. The fourth-order valence-electron chi connectivity index (χ4n) is 2.91. The van der Waals surface area contributed by atoms with Crippen molar-refractivity contribution in [1.29, 1.82) is 0 Å². The maximum Gasteiger partial charge on any atom is 0.133 e. The second-order valence-electron chi connectivity index (χ2n) is 5.71. The molecule has 2 nitrogen and oxygen atoms in total. The average molecular weight is 268 g/mol. The molecule has 1 fully saturated rings. The molecule has 1 aromatic carbocycles. The van der Waals surface area contributed by atoms with E-state index in [1.807, 2.05) is 12.1 Å². The van der Waals surface area contributed by atoms with Crippen LogP contribution in [-0.2, 0) is 11.2 Å². The summed E-state index contributed by atoms with van der Waals surface area (Å²) in [5.74, 6) is 0.902. The second-order valence-corrected chi connectivity index (χ2v) is 5.71. The van der Waals surface area contributed by atoms with Crippen LogP contribution >= 0.6 is 0 Å². The minimum atomic E-state index is -0.0618. The number of hydrogen-bond acceptors (Lipinski definition) is 2. The normalized spacial score (nSPS) is 26.1. The Morgan fingerprint density at radius 2 is 2.00 bits per heavy atom. The summed E-state index contributed by atoms with van der Waals surface area (Å²) >= 11 is 0. The van der Waals surface area contributed by atoms with E-state index in [0.717, 1.165) is 24.2 Å². The van der Waals surface area contributed by atoms with Crippen LogP contribution in [0.5, 0.6) is 0 Å². The Bertz CT molecular complexity index is 571. The van der Waals surface area contributed by atoms with E-state index in [2.05, 4.69) is 43.8 Å². The third-order valence-electron chi connectivity index (χ3n) is 4.39. The lowest BCUT2D eigenvalue weighted by Crippen LogP contribution is -2.23. The highest BCUT2D eigenvalue weighted by Crippen LogP contribution is 2.50. The zero-order chi connectivity index (χ0) is 14.0. The summed E-state index contributed by atoms with van der Waals surface area (Å²) in [4.78, 5) is 0. The smallest absolute Gasteiger partial charge is 0.133 e. The van der Waals surface area contributed by atoms with Crippen molar-refractivity contribution >= 4 is 0 Å². The van der Waals surface area contributed by atoms with Gasteiger partial charge >= 0.3 is 0 Å². The minimum Gasteiger partial charge on any atom is -0.467 e. The van der Waals surface area contributed by atoms with Crippen LogP contribution in [0.15, 0.2) is 65.3 Å². The predicted octanol–water partition coefficient (Wildman–Crippen LogP) is 4.55. The average Bonchev–Trinajstić information content (AvgIpc) is 3.08. The highest BCUT2D eigenvalue weighted by Gasteiger charge is 2.44. The molecule has 1 saturated heterocycles. The van der Waals surface area contributed by atoms with E-state index in [9.17, 15) is 0 Å². The molecule has 2 atom stereocenters. The molecule has 0 radical (unpaired) electrons. The fourth-order valence-corrected chi connectivity index (χ4v) is 2.91. The maximum atomic E-state index is 5.92. The number of benzene rings is 1. The Balaban J connectivity index is 1.79. The molecule has 0 spiro atoms. The quantitative estimate of drug-likeness (QED) is 0.759. The number of furan rings is 1. The first-order valence-corrected chi connectivity index (χ1v) is 7.07. The minimum absolute atomic E-state index is 0.0197. The summed E-state index contributed by atoms with van der Waals surface area (Å²) in [7, 11) is 0. The molecule has 104 valence electrons. The van der Waals surface area contributed by atoms with E-state index in [1.165, 1.54) is 5.56 Å². The first kappa shape index (κ1) is 13.2. The summed E-state index contributed by atoms with van der Waals surface area (Å²) in [5.41, 5.74) is 2.45. The van der Waals surface area contributed by atoms with Crippen molar-refractivity contribution in [3.63, 3.8) is 0 Å². The number of hydrogen-bond donors (Lipinski definition) is 0. The van der Waals surface area contributed by atoms with E-state index in [-0.39, 0.29) is 11.5 Å². The predicted molar refractivity (Wildman–Crippen MR) is 79.4 cm³/mol. The van der Waals surface area contributed by atoms with Gasteiger partial charge in [0.05, 0.1) is 12.9 Å². The molecule has 0 bridgehead atoms. The van der Waals surface area contributed by atoms with Crippen LogP contribution in [0.25, 0.3) is 0 Å². The van der Waals surface area contributed by atoms with Crippen molar-refractivity contribution < 1.29 is 9.15 Å². The molecule has 0 saturated carbocycles. The summed E-state index contributed by atoms with van der Waals surface area (Å²) < 4.78 is 11.5.